The van der Waals surface area contributed by atoms with Crippen LogP contribution in [0.15, 0.2) is 53.4 Å². The van der Waals surface area contributed by atoms with Crippen molar-refractivity contribution in [3.05, 3.63) is 65.2 Å². The van der Waals surface area contributed by atoms with Gasteiger partial charge in [0.25, 0.3) is 0 Å². The van der Waals surface area contributed by atoms with Crippen LogP contribution < -0.4 is 0 Å². The molecule has 0 saturated heterocycles. The molecule has 0 bridgehead atoms. The summed E-state index contributed by atoms with van der Waals surface area (Å²) in [6, 6.07) is 13.7. The van der Waals surface area contributed by atoms with E-state index in [1.807, 2.05) is 30.5 Å². The molecule has 108 valence electrons. The van der Waals surface area contributed by atoms with Crippen LogP contribution in [0.3, 0.4) is 0 Å². The molecule has 0 aliphatic rings. The SMILES string of the molecule is CSc1ccc(C(Br)C(=O)c2ccc(C(=O)O)cc2)cc1. The molecule has 0 aliphatic carbocycles. The number of carbonyl (C=O) groups excluding carboxylic acids is 1. The molecule has 21 heavy (non-hydrogen) atoms. The predicted octanol–water partition coefficient (Wildman–Crippen LogP) is 4.43. The Morgan fingerprint density at radius 2 is 1.52 bits per heavy atom. The molecule has 0 heterocycles. The second kappa shape index (κ2) is 6.91. The Bertz CT molecular complexity index is 650. The summed E-state index contributed by atoms with van der Waals surface area (Å²) < 4.78 is 0. The number of alkyl halides is 1. The van der Waals surface area contributed by atoms with E-state index in [1.165, 1.54) is 24.3 Å². The minimum Gasteiger partial charge on any atom is -0.478 e. The molecule has 0 aromatic heterocycles. The van der Waals surface area contributed by atoms with Crippen LogP contribution in [-0.2, 0) is 0 Å². The molecular formula is C16H13BrO3S. The Balaban J connectivity index is 2.19. The summed E-state index contributed by atoms with van der Waals surface area (Å²) in [6.07, 6.45) is 2.00. The molecule has 2 rings (SSSR count). The van der Waals surface area contributed by atoms with Crippen molar-refractivity contribution in [2.45, 2.75) is 9.72 Å². The van der Waals surface area contributed by atoms with Crippen molar-refractivity contribution in [2.75, 3.05) is 6.26 Å². The molecule has 2 aromatic rings. The molecule has 0 aliphatic heterocycles. The number of hydrogen-bond donors (Lipinski definition) is 1. The van der Waals surface area contributed by atoms with Gasteiger partial charge in [-0.1, -0.05) is 40.2 Å². The average Bonchev–Trinajstić information content (AvgIpc) is 2.53. The fourth-order valence-electron chi connectivity index (χ4n) is 1.85. The first kappa shape index (κ1) is 15.8. The summed E-state index contributed by atoms with van der Waals surface area (Å²) in [5, 5.41) is 8.85. The topological polar surface area (TPSA) is 54.4 Å². The summed E-state index contributed by atoms with van der Waals surface area (Å²) in [5.41, 5.74) is 1.53. The number of carbonyl (C=O) groups is 2. The molecule has 2 aromatic carbocycles. The van der Waals surface area contributed by atoms with Crippen molar-refractivity contribution < 1.29 is 14.7 Å². The molecule has 0 amide bonds. The smallest absolute Gasteiger partial charge is 0.335 e. The van der Waals surface area contributed by atoms with Crippen LogP contribution in [-0.4, -0.2) is 23.1 Å². The van der Waals surface area contributed by atoms with E-state index in [0.717, 1.165) is 10.5 Å². The minimum absolute atomic E-state index is 0.0937. The summed E-state index contributed by atoms with van der Waals surface area (Å²) in [4.78, 5) is 23.9. The number of thioether (sulfide) groups is 1. The van der Waals surface area contributed by atoms with Crippen molar-refractivity contribution in [1.82, 2.24) is 0 Å². The normalized spacial score (nSPS) is 11.9. The van der Waals surface area contributed by atoms with Crippen LogP contribution in [0.5, 0.6) is 0 Å². The van der Waals surface area contributed by atoms with Crippen molar-refractivity contribution in [2.24, 2.45) is 0 Å². The Labute approximate surface area is 135 Å². The molecule has 0 saturated carbocycles. The Hall–Kier alpha value is -1.59. The number of ketones is 1. The first-order valence-electron chi connectivity index (χ1n) is 6.18. The van der Waals surface area contributed by atoms with Crippen LogP contribution >= 0.6 is 27.7 Å². The van der Waals surface area contributed by atoms with Crippen molar-refractivity contribution in [3.8, 4) is 0 Å². The lowest BCUT2D eigenvalue weighted by atomic mass is 10.0. The summed E-state index contributed by atoms with van der Waals surface area (Å²) >= 11 is 5.05. The zero-order valence-electron chi connectivity index (χ0n) is 11.2. The van der Waals surface area contributed by atoms with Crippen LogP contribution in [0.1, 0.15) is 31.1 Å². The van der Waals surface area contributed by atoms with E-state index in [9.17, 15) is 9.59 Å². The standard InChI is InChI=1S/C16H13BrO3S/c1-21-13-8-6-10(7-9-13)14(17)15(18)11-2-4-12(5-3-11)16(19)20/h2-9,14H,1H3,(H,19,20). The summed E-state index contributed by atoms with van der Waals surface area (Å²) in [6.45, 7) is 0. The fourth-order valence-corrected chi connectivity index (χ4v) is 2.83. The van der Waals surface area contributed by atoms with E-state index < -0.39 is 10.8 Å². The monoisotopic (exact) mass is 364 g/mol. The second-order valence-corrected chi connectivity index (χ2v) is 6.18. The van der Waals surface area contributed by atoms with E-state index in [-0.39, 0.29) is 11.3 Å². The van der Waals surface area contributed by atoms with E-state index in [4.69, 9.17) is 5.11 Å². The zero-order valence-corrected chi connectivity index (χ0v) is 13.6. The van der Waals surface area contributed by atoms with Gasteiger partial charge in [-0.25, -0.2) is 4.79 Å². The van der Waals surface area contributed by atoms with E-state index in [0.29, 0.717) is 5.56 Å². The number of hydrogen-bond acceptors (Lipinski definition) is 3. The Morgan fingerprint density at radius 3 is 2.00 bits per heavy atom. The molecule has 0 fully saturated rings. The van der Waals surface area contributed by atoms with Crippen molar-refractivity contribution in [3.63, 3.8) is 0 Å². The highest BCUT2D eigenvalue weighted by atomic mass is 79.9. The van der Waals surface area contributed by atoms with Gasteiger partial charge in [0.2, 0.25) is 0 Å². The van der Waals surface area contributed by atoms with Crippen LogP contribution in [0.2, 0.25) is 0 Å². The molecular weight excluding hydrogens is 352 g/mol. The lowest BCUT2D eigenvalue weighted by Gasteiger charge is -2.10. The third-order valence-corrected chi connectivity index (χ3v) is 4.74. The highest BCUT2D eigenvalue weighted by Gasteiger charge is 2.19. The van der Waals surface area contributed by atoms with Gasteiger partial charge < -0.3 is 5.11 Å². The lowest BCUT2D eigenvalue weighted by molar-refractivity contribution is 0.0696. The molecule has 1 unspecified atom stereocenters. The summed E-state index contributed by atoms with van der Waals surface area (Å²) in [7, 11) is 0. The third-order valence-electron chi connectivity index (χ3n) is 3.06. The Morgan fingerprint density at radius 1 is 1.00 bits per heavy atom. The number of benzene rings is 2. The fraction of sp³-hybridized carbons (Fsp3) is 0.125. The minimum atomic E-state index is -1.00. The first-order valence-corrected chi connectivity index (χ1v) is 8.32. The molecule has 3 nitrogen and oxygen atoms in total. The van der Waals surface area contributed by atoms with E-state index in [2.05, 4.69) is 15.9 Å². The van der Waals surface area contributed by atoms with Crippen molar-refractivity contribution in [1.29, 1.82) is 0 Å². The van der Waals surface area contributed by atoms with E-state index >= 15 is 0 Å². The molecule has 0 spiro atoms. The number of aromatic carboxylic acids is 1. The van der Waals surface area contributed by atoms with Gasteiger partial charge in [0.05, 0.1) is 5.56 Å². The van der Waals surface area contributed by atoms with Crippen LogP contribution in [0, 0.1) is 0 Å². The highest BCUT2D eigenvalue weighted by Crippen LogP contribution is 2.28. The number of Topliss-reactive ketones (excluding diaryl/α,β-unsaturated/α-hetero) is 1. The van der Waals surface area contributed by atoms with Gasteiger partial charge in [0.15, 0.2) is 5.78 Å². The van der Waals surface area contributed by atoms with Crippen molar-refractivity contribution >= 4 is 39.4 Å². The summed E-state index contributed by atoms with van der Waals surface area (Å²) in [5.74, 6) is -1.10. The third kappa shape index (κ3) is 3.74. The molecule has 1 atom stereocenters. The lowest BCUT2D eigenvalue weighted by Crippen LogP contribution is -2.07. The predicted molar refractivity (Wildman–Crippen MR) is 87.6 cm³/mol. The number of halogens is 1. The van der Waals surface area contributed by atoms with Gasteiger partial charge in [-0.15, -0.1) is 11.8 Å². The first-order chi connectivity index (χ1) is 10.0. The van der Waals surface area contributed by atoms with Crippen LogP contribution in [0.4, 0.5) is 0 Å². The van der Waals surface area contributed by atoms with Gasteiger partial charge in [0, 0.05) is 10.5 Å². The number of carboxylic acid groups (broad SMARTS) is 1. The molecule has 1 N–H and O–H groups in total. The number of carboxylic acids is 1. The van der Waals surface area contributed by atoms with Gasteiger partial charge in [-0.05, 0) is 36.1 Å². The quantitative estimate of drug-likeness (QED) is 0.484. The highest BCUT2D eigenvalue weighted by molar-refractivity contribution is 9.09. The van der Waals surface area contributed by atoms with E-state index in [1.54, 1.807) is 11.8 Å². The largest absolute Gasteiger partial charge is 0.478 e. The average molecular weight is 365 g/mol. The zero-order chi connectivity index (χ0) is 15.4. The maximum Gasteiger partial charge on any atom is 0.335 e. The van der Waals surface area contributed by atoms with Gasteiger partial charge in [-0.3, -0.25) is 4.79 Å². The van der Waals surface area contributed by atoms with Crippen LogP contribution in [0.25, 0.3) is 0 Å². The maximum atomic E-state index is 12.4. The van der Waals surface area contributed by atoms with Gasteiger partial charge in [-0.2, -0.15) is 0 Å². The molecule has 0 radical (unpaired) electrons. The second-order valence-electron chi connectivity index (χ2n) is 4.38. The number of rotatable bonds is 5. The maximum absolute atomic E-state index is 12.4. The Kier molecular flexibility index (Phi) is 5.20. The van der Waals surface area contributed by atoms with Gasteiger partial charge >= 0.3 is 5.97 Å². The van der Waals surface area contributed by atoms with Gasteiger partial charge in [0.1, 0.15) is 4.83 Å². The molecule has 5 heteroatoms.